The summed E-state index contributed by atoms with van der Waals surface area (Å²) in [5.41, 5.74) is 1.10. The smallest absolute Gasteiger partial charge is 0.343 e. The second-order valence-electron chi connectivity index (χ2n) is 4.83. The van der Waals surface area contributed by atoms with E-state index in [4.69, 9.17) is 4.74 Å². The van der Waals surface area contributed by atoms with Crippen LogP contribution in [0.3, 0.4) is 0 Å². The van der Waals surface area contributed by atoms with E-state index < -0.39 is 12.0 Å². The number of carbonyl (C=O) groups excluding carboxylic acids is 2. The molecule has 0 aliphatic heterocycles. The van der Waals surface area contributed by atoms with Gasteiger partial charge in [0.2, 0.25) is 5.91 Å². The maximum Gasteiger partial charge on any atom is 0.343 e. The van der Waals surface area contributed by atoms with Crippen molar-refractivity contribution in [3.63, 3.8) is 0 Å². The number of hydrogen-bond donors (Lipinski definition) is 1. The molecular formula is C14H19N5O3. The number of nitrogens with zero attached hydrogens (tertiary/aromatic N) is 4. The van der Waals surface area contributed by atoms with E-state index in [1.54, 1.807) is 31.8 Å². The standard InChI is InChI=1S/C14H19N5O3/c1-5-22-14(21)11-8-16-18(4)12(11)17-13(20)10(3)19-9(2)6-7-15-19/h6-8,10H,5H2,1-4H3,(H,17,20). The van der Waals surface area contributed by atoms with Crippen molar-refractivity contribution in [3.05, 3.63) is 29.7 Å². The Balaban J connectivity index is 2.20. The highest BCUT2D eigenvalue weighted by Crippen LogP contribution is 2.18. The third-order valence-electron chi connectivity index (χ3n) is 3.29. The van der Waals surface area contributed by atoms with Crippen LogP contribution in [0, 0.1) is 6.92 Å². The van der Waals surface area contributed by atoms with Crippen LogP contribution in [0.15, 0.2) is 18.5 Å². The average Bonchev–Trinajstić information content (AvgIpc) is 3.05. The van der Waals surface area contributed by atoms with Crippen molar-refractivity contribution in [1.82, 2.24) is 19.6 Å². The van der Waals surface area contributed by atoms with Crippen molar-refractivity contribution in [1.29, 1.82) is 0 Å². The maximum absolute atomic E-state index is 12.4. The summed E-state index contributed by atoms with van der Waals surface area (Å²) in [5, 5.41) is 10.8. The molecule has 0 fully saturated rings. The molecule has 22 heavy (non-hydrogen) atoms. The van der Waals surface area contributed by atoms with E-state index in [2.05, 4.69) is 15.5 Å². The molecule has 8 nitrogen and oxygen atoms in total. The van der Waals surface area contributed by atoms with Crippen molar-refractivity contribution in [2.45, 2.75) is 26.8 Å². The van der Waals surface area contributed by atoms with E-state index in [0.717, 1.165) is 5.69 Å². The first kappa shape index (κ1) is 15.7. The van der Waals surface area contributed by atoms with Gasteiger partial charge in [0.1, 0.15) is 17.4 Å². The molecular weight excluding hydrogens is 286 g/mol. The van der Waals surface area contributed by atoms with Crippen molar-refractivity contribution >= 4 is 17.7 Å². The van der Waals surface area contributed by atoms with Gasteiger partial charge in [0.25, 0.3) is 0 Å². The molecule has 8 heteroatoms. The number of anilines is 1. The van der Waals surface area contributed by atoms with Crippen LogP contribution in [-0.2, 0) is 16.6 Å². The highest BCUT2D eigenvalue weighted by Gasteiger charge is 2.23. The average molecular weight is 305 g/mol. The fraction of sp³-hybridized carbons (Fsp3) is 0.429. The third-order valence-corrected chi connectivity index (χ3v) is 3.29. The summed E-state index contributed by atoms with van der Waals surface area (Å²) in [6.07, 6.45) is 3.00. The Bertz CT molecular complexity index is 688. The molecule has 1 atom stereocenters. The zero-order valence-corrected chi connectivity index (χ0v) is 13.0. The van der Waals surface area contributed by atoms with Gasteiger partial charge in [0.05, 0.1) is 12.8 Å². The van der Waals surface area contributed by atoms with Gasteiger partial charge in [-0.2, -0.15) is 10.2 Å². The molecule has 0 aromatic carbocycles. The molecule has 0 bridgehead atoms. The molecule has 2 heterocycles. The summed E-state index contributed by atoms with van der Waals surface area (Å²) < 4.78 is 7.98. The number of aromatic nitrogens is 4. The van der Waals surface area contributed by atoms with Crippen LogP contribution >= 0.6 is 0 Å². The molecule has 0 radical (unpaired) electrons. The van der Waals surface area contributed by atoms with E-state index >= 15 is 0 Å². The molecule has 1 unspecified atom stereocenters. The molecule has 1 N–H and O–H groups in total. The number of esters is 1. The molecule has 2 aromatic rings. The summed E-state index contributed by atoms with van der Waals surface area (Å²) in [4.78, 5) is 24.2. The maximum atomic E-state index is 12.4. The van der Waals surface area contributed by atoms with E-state index in [9.17, 15) is 9.59 Å². The molecule has 0 spiro atoms. The van der Waals surface area contributed by atoms with E-state index in [1.807, 2.05) is 13.0 Å². The molecule has 2 rings (SSSR count). The highest BCUT2D eigenvalue weighted by atomic mass is 16.5. The van der Waals surface area contributed by atoms with E-state index in [1.165, 1.54) is 10.9 Å². The van der Waals surface area contributed by atoms with Gasteiger partial charge in [-0.1, -0.05) is 0 Å². The number of amides is 1. The molecule has 0 aliphatic carbocycles. The lowest BCUT2D eigenvalue weighted by Gasteiger charge is -2.15. The minimum absolute atomic E-state index is 0.224. The second kappa shape index (κ2) is 6.42. The predicted molar refractivity (Wildman–Crippen MR) is 79.5 cm³/mol. The van der Waals surface area contributed by atoms with Crippen molar-refractivity contribution < 1.29 is 14.3 Å². The van der Waals surface area contributed by atoms with Crippen LogP contribution in [-0.4, -0.2) is 38.0 Å². The van der Waals surface area contributed by atoms with Gasteiger partial charge in [0, 0.05) is 18.9 Å². The van der Waals surface area contributed by atoms with Crippen LogP contribution in [0.5, 0.6) is 0 Å². The van der Waals surface area contributed by atoms with Crippen molar-refractivity contribution in [2.24, 2.45) is 7.05 Å². The Labute approximate surface area is 128 Å². The molecule has 0 saturated heterocycles. The SMILES string of the molecule is CCOC(=O)c1cnn(C)c1NC(=O)C(C)n1nccc1C. The quantitative estimate of drug-likeness (QED) is 0.841. The molecule has 0 aliphatic rings. The predicted octanol–water partition coefficient (Wildman–Crippen LogP) is 1.30. The minimum Gasteiger partial charge on any atom is -0.462 e. The Morgan fingerprint density at radius 3 is 2.73 bits per heavy atom. The van der Waals surface area contributed by atoms with Crippen LogP contribution in [0.25, 0.3) is 0 Å². The number of rotatable bonds is 5. The molecule has 118 valence electrons. The fourth-order valence-corrected chi connectivity index (χ4v) is 2.06. The van der Waals surface area contributed by atoms with Crippen LogP contribution in [0.4, 0.5) is 5.82 Å². The second-order valence-corrected chi connectivity index (χ2v) is 4.83. The number of nitrogens with one attached hydrogen (secondary N) is 1. The topological polar surface area (TPSA) is 91.0 Å². The molecule has 2 aromatic heterocycles. The van der Waals surface area contributed by atoms with E-state index in [-0.39, 0.29) is 18.1 Å². The normalized spacial score (nSPS) is 12.0. The largest absolute Gasteiger partial charge is 0.462 e. The van der Waals surface area contributed by atoms with Gasteiger partial charge < -0.3 is 10.1 Å². The van der Waals surface area contributed by atoms with Gasteiger partial charge in [0.15, 0.2) is 0 Å². The Morgan fingerprint density at radius 2 is 2.14 bits per heavy atom. The monoisotopic (exact) mass is 305 g/mol. The van der Waals surface area contributed by atoms with Crippen LogP contribution < -0.4 is 5.32 Å². The lowest BCUT2D eigenvalue weighted by Crippen LogP contribution is -2.27. The summed E-state index contributed by atoms with van der Waals surface area (Å²) in [6, 6.07) is 1.30. The summed E-state index contributed by atoms with van der Waals surface area (Å²) in [7, 11) is 1.64. The number of aryl methyl sites for hydroxylation is 2. The van der Waals surface area contributed by atoms with Crippen molar-refractivity contribution in [2.75, 3.05) is 11.9 Å². The molecule has 0 saturated carbocycles. The summed E-state index contributed by atoms with van der Waals surface area (Å²) in [6.45, 7) is 5.57. The van der Waals surface area contributed by atoms with Gasteiger partial charge in [-0.25, -0.2) is 4.79 Å². The van der Waals surface area contributed by atoms with Crippen LogP contribution in [0.1, 0.15) is 35.9 Å². The Kier molecular flexibility index (Phi) is 4.59. The summed E-state index contributed by atoms with van der Waals surface area (Å²) >= 11 is 0. The summed E-state index contributed by atoms with van der Waals surface area (Å²) in [5.74, 6) is -0.505. The Morgan fingerprint density at radius 1 is 1.41 bits per heavy atom. The minimum atomic E-state index is -0.520. The first-order valence-electron chi connectivity index (χ1n) is 6.95. The fourth-order valence-electron chi connectivity index (χ4n) is 2.06. The van der Waals surface area contributed by atoms with Crippen molar-refractivity contribution in [3.8, 4) is 0 Å². The zero-order chi connectivity index (χ0) is 16.3. The van der Waals surface area contributed by atoms with Gasteiger partial charge in [-0.3, -0.25) is 14.2 Å². The van der Waals surface area contributed by atoms with Crippen LogP contribution in [0.2, 0.25) is 0 Å². The van der Waals surface area contributed by atoms with Gasteiger partial charge >= 0.3 is 5.97 Å². The first-order chi connectivity index (χ1) is 10.5. The number of carbonyl (C=O) groups is 2. The zero-order valence-electron chi connectivity index (χ0n) is 13.0. The first-order valence-corrected chi connectivity index (χ1v) is 6.95. The number of hydrogen-bond acceptors (Lipinski definition) is 5. The lowest BCUT2D eigenvalue weighted by molar-refractivity contribution is -0.119. The molecule has 1 amide bonds. The van der Waals surface area contributed by atoms with E-state index in [0.29, 0.717) is 5.82 Å². The van der Waals surface area contributed by atoms with Gasteiger partial charge in [-0.05, 0) is 26.8 Å². The third kappa shape index (κ3) is 3.00. The number of ether oxygens (including phenoxy) is 1. The van der Waals surface area contributed by atoms with Gasteiger partial charge in [-0.15, -0.1) is 0 Å². The lowest BCUT2D eigenvalue weighted by atomic mass is 10.2. The Hall–Kier alpha value is -2.64. The highest BCUT2D eigenvalue weighted by molar-refractivity contribution is 6.01.